The minimum Gasteiger partial charge on any atom is -0.454 e. The molecule has 1 aromatic heterocycles. The first-order chi connectivity index (χ1) is 11.7. The van der Waals surface area contributed by atoms with Crippen LogP contribution in [0.2, 0.25) is 5.02 Å². The molecule has 122 valence electrons. The monoisotopic (exact) mass is 364 g/mol. The van der Waals surface area contributed by atoms with Crippen molar-refractivity contribution < 1.29 is 13.9 Å². The lowest BCUT2D eigenvalue weighted by Gasteiger charge is -2.06. The molecule has 0 unspecified atom stereocenters. The number of fused-ring (bicyclic) bond motifs is 1. The number of thioether (sulfide) groups is 1. The normalized spacial score (nSPS) is 12.6. The van der Waals surface area contributed by atoms with Crippen molar-refractivity contribution in [2.75, 3.05) is 6.79 Å². The van der Waals surface area contributed by atoms with E-state index in [4.69, 9.17) is 21.1 Å². The van der Waals surface area contributed by atoms with Gasteiger partial charge >= 0.3 is 0 Å². The van der Waals surface area contributed by atoms with Gasteiger partial charge in [-0.2, -0.15) is 4.68 Å². The number of nitrogens with zero attached hydrogens (tertiary/aromatic N) is 4. The zero-order valence-corrected chi connectivity index (χ0v) is 13.7. The Morgan fingerprint density at radius 3 is 2.92 bits per heavy atom. The van der Waals surface area contributed by atoms with E-state index in [0.717, 1.165) is 11.3 Å². The molecule has 1 aliphatic rings. The summed E-state index contributed by atoms with van der Waals surface area (Å²) in [5.74, 6) is 1.50. The third-order valence-electron chi connectivity index (χ3n) is 3.41. The summed E-state index contributed by atoms with van der Waals surface area (Å²) in [4.78, 5) is 0. The number of benzene rings is 2. The number of aromatic nitrogens is 4. The third-order valence-corrected chi connectivity index (χ3v) is 4.73. The van der Waals surface area contributed by atoms with Gasteiger partial charge in [-0.05, 0) is 40.3 Å². The van der Waals surface area contributed by atoms with Crippen molar-refractivity contribution in [3.8, 4) is 17.2 Å². The molecule has 0 fully saturated rings. The molecular formula is C15H10ClFN4O2S. The van der Waals surface area contributed by atoms with Gasteiger partial charge in [0.15, 0.2) is 11.5 Å². The summed E-state index contributed by atoms with van der Waals surface area (Å²) in [5, 5.41) is 12.7. The van der Waals surface area contributed by atoms with Gasteiger partial charge in [0.2, 0.25) is 11.9 Å². The second-order valence-electron chi connectivity index (χ2n) is 4.94. The fourth-order valence-electron chi connectivity index (χ4n) is 2.23. The Balaban J connectivity index is 1.56. The van der Waals surface area contributed by atoms with Crippen LogP contribution >= 0.6 is 23.4 Å². The maximum atomic E-state index is 13.1. The molecule has 2 aromatic carbocycles. The van der Waals surface area contributed by atoms with Crippen LogP contribution in [-0.4, -0.2) is 27.0 Å². The van der Waals surface area contributed by atoms with Crippen molar-refractivity contribution in [2.24, 2.45) is 0 Å². The van der Waals surface area contributed by atoms with Gasteiger partial charge in [-0.25, -0.2) is 4.39 Å². The molecule has 0 saturated heterocycles. The highest BCUT2D eigenvalue weighted by molar-refractivity contribution is 7.98. The Bertz CT molecular complexity index is 905. The highest BCUT2D eigenvalue weighted by atomic mass is 35.5. The second kappa shape index (κ2) is 6.29. The quantitative estimate of drug-likeness (QED) is 0.660. The number of ether oxygens (including phenoxy) is 2. The van der Waals surface area contributed by atoms with Crippen molar-refractivity contribution >= 4 is 23.4 Å². The number of rotatable bonds is 4. The average molecular weight is 365 g/mol. The molecular weight excluding hydrogens is 355 g/mol. The zero-order valence-electron chi connectivity index (χ0n) is 12.1. The maximum Gasteiger partial charge on any atom is 0.231 e. The SMILES string of the molecule is Fc1ccc(CSc2nnnn2-c2ccc3c(c2)OCO3)c(Cl)c1. The Morgan fingerprint density at radius 1 is 1.17 bits per heavy atom. The molecule has 0 amide bonds. The highest BCUT2D eigenvalue weighted by Crippen LogP contribution is 2.34. The molecule has 0 N–H and O–H groups in total. The lowest BCUT2D eigenvalue weighted by atomic mass is 10.2. The standard InChI is InChI=1S/C15H10ClFN4O2S/c16-12-5-10(17)2-1-9(12)7-24-15-18-19-20-21(15)11-3-4-13-14(6-11)23-8-22-13/h1-6H,7-8H2. The molecule has 4 rings (SSSR count). The molecule has 1 aliphatic heterocycles. The summed E-state index contributed by atoms with van der Waals surface area (Å²) in [6.07, 6.45) is 0. The van der Waals surface area contributed by atoms with E-state index in [9.17, 15) is 4.39 Å². The first-order valence-corrected chi connectivity index (χ1v) is 8.32. The fourth-order valence-corrected chi connectivity index (χ4v) is 3.44. The largest absolute Gasteiger partial charge is 0.454 e. The lowest BCUT2D eigenvalue weighted by Crippen LogP contribution is -1.99. The van der Waals surface area contributed by atoms with Crippen LogP contribution < -0.4 is 9.47 Å². The van der Waals surface area contributed by atoms with Crippen LogP contribution in [0, 0.1) is 5.82 Å². The second-order valence-corrected chi connectivity index (χ2v) is 6.28. The van der Waals surface area contributed by atoms with Crippen molar-refractivity contribution in [2.45, 2.75) is 10.9 Å². The van der Waals surface area contributed by atoms with Crippen molar-refractivity contribution in [1.82, 2.24) is 20.2 Å². The van der Waals surface area contributed by atoms with Gasteiger partial charge in [0.25, 0.3) is 0 Å². The molecule has 0 aliphatic carbocycles. The average Bonchev–Trinajstić information content (AvgIpc) is 3.22. The summed E-state index contributed by atoms with van der Waals surface area (Å²) in [6, 6.07) is 9.79. The van der Waals surface area contributed by atoms with E-state index in [0.29, 0.717) is 27.4 Å². The first kappa shape index (κ1) is 15.2. The number of halogens is 2. The van der Waals surface area contributed by atoms with Gasteiger partial charge in [-0.15, -0.1) is 5.10 Å². The number of tetrazole rings is 1. The van der Waals surface area contributed by atoms with Gasteiger partial charge < -0.3 is 9.47 Å². The van der Waals surface area contributed by atoms with Crippen LogP contribution in [0.3, 0.4) is 0 Å². The predicted octanol–water partition coefficient (Wildman–Crippen LogP) is 3.48. The van der Waals surface area contributed by atoms with Crippen LogP contribution in [0.1, 0.15) is 5.56 Å². The summed E-state index contributed by atoms with van der Waals surface area (Å²) in [7, 11) is 0. The summed E-state index contributed by atoms with van der Waals surface area (Å²) in [5.41, 5.74) is 1.57. The van der Waals surface area contributed by atoms with Gasteiger partial charge in [0, 0.05) is 16.8 Å². The van der Waals surface area contributed by atoms with Gasteiger partial charge in [-0.3, -0.25) is 0 Å². The Kier molecular flexibility index (Phi) is 3.99. The third kappa shape index (κ3) is 2.90. The smallest absolute Gasteiger partial charge is 0.231 e. The topological polar surface area (TPSA) is 62.1 Å². The van der Waals surface area contributed by atoms with E-state index in [1.54, 1.807) is 10.7 Å². The molecule has 0 radical (unpaired) electrons. The minimum absolute atomic E-state index is 0.207. The van der Waals surface area contributed by atoms with E-state index < -0.39 is 0 Å². The number of hydrogen-bond acceptors (Lipinski definition) is 6. The first-order valence-electron chi connectivity index (χ1n) is 6.96. The van der Waals surface area contributed by atoms with E-state index in [2.05, 4.69) is 15.5 Å². The van der Waals surface area contributed by atoms with Crippen molar-refractivity contribution in [1.29, 1.82) is 0 Å². The van der Waals surface area contributed by atoms with Gasteiger partial charge in [-0.1, -0.05) is 29.4 Å². The molecule has 0 saturated carbocycles. The van der Waals surface area contributed by atoms with E-state index >= 15 is 0 Å². The summed E-state index contributed by atoms with van der Waals surface area (Å²) in [6.45, 7) is 0.207. The fraction of sp³-hybridized carbons (Fsp3) is 0.133. The molecule has 6 nitrogen and oxygen atoms in total. The predicted molar refractivity (Wildman–Crippen MR) is 86.2 cm³/mol. The Labute approximate surface area is 145 Å². The summed E-state index contributed by atoms with van der Waals surface area (Å²) < 4.78 is 25.4. The zero-order chi connectivity index (χ0) is 16.5. The molecule has 0 spiro atoms. The Morgan fingerprint density at radius 2 is 2.04 bits per heavy atom. The van der Waals surface area contributed by atoms with Crippen LogP contribution in [0.5, 0.6) is 11.5 Å². The number of hydrogen-bond donors (Lipinski definition) is 0. The minimum atomic E-state index is -0.362. The van der Waals surface area contributed by atoms with E-state index in [1.807, 2.05) is 18.2 Å². The van der Waals surface area contributed by atoms with Crippen LogP contribution in [-0.2, 0) is 5.75 Å². The van der Waals surface area contributed by atoms with Crippen LogP contribution in [0.4, 0.5) is 4.39 Å². The van der Waals surface area contributed by atoms with Crippen molar-refractivity contribution in [3.05, 3.63) is 52.8 Å². The van der Waals surface area contributed by atoms with Gasteiger partial charge in [0.05, 0.1) is 5.69 Å². The molecule has 3 aromatic rings. The van der Waals surface area contributed by atoms with Gasteiger partial charge in [0.1, 0.15) is 5.82 Å². The van der Waals surface area contributed by atoms with E-state index in [1.165, 1.54) is 23.9 Å². The van der Waals surface area contributed by atoms with Crippen LogP contribution in [0.15, 0.2) is 41.6 Å². The molecule has 2 heterocycles. The molecule has 9 heteroatoms. The maximum absolute atomic E-state index is 13.1. The summed E-state index contributed by atoms with van der Waals surface area (Å²) >= 11 is 7.45. The molecule has 0 atom stereocenters. The van der Waals surface area contributed by atoms with Crippen LogP contribution in [0.25, 0.3) is 5.69 Å². The van der Waals surface area contributed by atoms with E-state index in [-0.39, 0.29) is 12.6 Å². The highest BCUT2D eigenvalue weighted by Gasteiger charge is 2.17. The lowest BCUT2D eigenvalue weighted by molar-refractivity contribution is 0.174. The van der Waals surface area contributed by atoms with Crippen molar-refractivity contribution in [3.63, 3.8) is 0 Å². The molecule has 0 bridgehead atoms. The Hall–Kier alpha value is -2.32. The molecule has 24 heavy (non-hydrogen) atoms.